The summed E-state index contributed by atoms with van der Waals surface area (Å²) in [5.41, 5.74) is 2.12. The Kier molecular flexibility index (Phi) is 5.36. The van der Waals surface area contributed by atoms with E-state index in [2.05, 4.69) is 11.4 Å². The minimum absolute atomic E-state index is 0.0201. The zero-order valence-electron chi connectivity index (χ0n) is 17.9. The van der Waals surface area contributed by atoms with Gasteiger partial charge in [-0.15, -0.1) is 11.3 Å². The second kappa shape index (κ2) is 7.80. The summed E-state index contributed by atoms with van der Waals surface area (Å²) in [6.07, 6.45) is 6.19. The van der Waals surface area contributed by atoms with Gasteiger partial charge in [0.15, 0.2) is 15.6 Å². The molecule has 1 aliphatic carbocycles. The number of thiophene rings is 1. The Labute approximate surface area is 188 Å². The fraction of sp³-hybridized carbons (Fsp3) is 0.542. The molecule has 31 heavy (non-hydrogen) atoms. The summed E-state index contributed by atoms with van der Waals surface area (Å²) in [5.74, 6) is 0.259. The van der Waals surface area contributed by atoms with E-state index in [0.29, 0.717) is 17.7 Å². The number of carbonyl (C=O) groups is 1. The van der Waals surface area contributed by atoms with Crippen molar-refractivity contribution in [2.24, 2.45) is 0 Å². The average Bonchev–Trinajstić information content (AvgIpc) is 3.36. The fourth-order valence-corrected chi connectivity index (χ4v) is 7.13. The standard InChI is InChI=1S/C24H29NO4S2/c1-2-31(27,28)19-6-3-17(4-7-19)5-8-20(26)21-15-18-16-23(9-10-23)29-24(22(18)30-21)11-13-25-14-12-24/h3-4,6-7,15,25H,2,5,8-14,16H2,1H3. The molecule has 2 spiro atoms. The van der Waals surface area contributed by atoms with Gasteiger partial charge in [-0.05, 0) is 74.5 Å². The fourth-order valence-electron chi connectivity index (χ4n) is 4.92. The van der Waals surface area contributed by atoms with E-state index >= 15 is 0 Å². The number of hydrogen-bond acceptors (Lipinski definition) is 6. The van der Waals surface area contributed by atoms with Crippen LogP contribution in [0.2, 0.25) is 0 Å². The number of carbonyl (C=O) groups excluding carboxylic acids is 1. The van der Waals surface area contributed by atoms with Gasteiger partial charge in [-0.1, -0.05) is 19.1 Å². The number of Topliss-reactive ketones (excluding diaryl/α,β-unsaturated/α-hetero) is 1. The van der Waals surface area contributed by atoms with Crippen LogP contribution in [0.15, 0.2) is 35.2 Å². The molecule has 2 fully saturated rings. The topological polar surface area (TPSA) is 72.5 Å². The summed E-state index contributed by atoms with van der Waals surface area (Å²) in [5, 5.41) is 3.44. The van der Waals surface area contributed by atoms with Gasteiger partial charge in [0.05, 0.1) is 21.1 Å². The number of rotatable bonds is 6. The molecule has 2 aliphatic heterocycles. The van der Waals surface area contributed by atoms with Crippen molar-refractivity contribution >= 4 is 27.0 Å². The summed E-state index contributed by atoms with van der Waals surface area (Å²) in [7, 11) is -3.19. The van der Waals surface area contributed by atoms with Crippen LogP contribution in [0.5, 0.6) is 0 Å². The van der Waals surface area contributed by atoms with E-state index in [9.17, 15) is 13.2 Å². The van der Waals surface area contributed by atoms with E-state index in [4.69, 9.17) is 4.74 Å². The van der Waals surface area contributed by atoms with Gasteiger partial charge in [-0.3, -0.25) is 4.79 Å². The molecule has 1 aromatic carbocycles. The van der Waals surface area contributed by atoms with Gasteiger partial charge < -0.3 is 10.1 Å². The average molecular weight is 460 g/mol. The van der Waals surface area contributed by atoms with E-state index in [1.807, 2.05) is 12.1 Å². The first-order valence-corrected chi connectivity index (χ1v) is 13.7. The van der Waals surface area contributed by atoms with Crippen molar-refractivity contribution in [3.63, 3.8) is 0 Å². The van der Waals surface area contributed by atoms with Crippen molar-refractivity contribution in [2.45, 2.75) is 68.0 Å². The Morgan fingerprint density at radius 3 is 2.48 bits per heavy atom. The Balaban J connectivity index is 1.31. The van der Waals surface area contributed by atoms with Gasteiger partial charge in [-0.2, -0.15) is 0 Å². The van der Waals surface area contributed by atoms with Crippen molar-refractivity contribution in [3.8, 4) is 0 Å². The Morgan fingerprint density at radius 2 is 1.84 bits per heavy atom. The van der Waals surface area contributed by atoms with Crippen molar-refractivity contribution in [3.05, 3.63) is 51.2 Å². The molecule has 1 saturated heterocycles. The summed E-state index contributed by atoms with van der Waals surface area (Å²) >= 11 is 1.64. The van der Waals surface area contributed by atoms with Crippen molar-refractivity contribution in [1.29, 1.82) is 0 Å². The molecular formula is C24H29NO4S2. The van der Waals surface area contributed by atoms with Gasteiger partial charge in [0.2, 0.25) is 0 Å². The molecule has 3 heterocycles. The number of ether oxygens (including phenoxy) is 1. The lowest BCUT2D eigenvalue weighted by Crippen LogP contribution is -2.47. The van der Waals surface area contributed by atoms with E-state index in [1.165, 1.54) is 10.4 Å². The summed E-state index contributed by atoms with van der Waals surface area (Å²) in [4.78, 5) is 15.5. The number of aryl methyl sites for hydroxylation is 1. The molecule has 3 aliphatic rings. The predicted octanol–water partition coefficient (Wildman–Crippen LogP) is 4.04. The van der Waals surface area contributed by atoms with Gasteiger partial charge in [0.1, 0.15) is 5.60 Å². The molecule has 2 aromatic rings. The van der Waals surface area contributed by atoms with Crippen molar-refractivity contribution in [1.82, 2.24) is 5.32 Å². The van der Waals surface area contributed by atoms with Crippen molar-refractivity contribution in [2.75, 3.05) is 18.8 Å². The Bertz CT molecular complexity index is 1090. The largest absolute Gasteiger partial charge is 0.363 e. The molecule has 0 atom stereocenters. The maximum Gasteiger partial charge on any atom is 0.178 e. The third-order valence-electron chi connectivity index (χ3n) is 6.94. The number of fused-ring (bicyclic) bond motifs is 2. The lowest BCUT2D eigenvalue weighted by atomic mass is 9.84. The van der Waals surface area contributed by atoms with Crippen LogP contribution in [0, 0.1) is 0 Å². The third kappa shape index (κ3) is 4.01. The normalized spacial score (nSPS) is 21.2. The highest BCUT2D eigenvalue weighted by molar-refractivity contribution is 7.91. The zero-order valence-corrected chi connectivity index (χ0v) is 19.5. The minimum atomic E-state index is -3.19. The molecule has 1 saturated carbocycles. The zero-order chi connectivity index (χ0) is 21.7. The van der Waals surface area contributed by atoms with E-state index in [-0.39, 0.29) is 22.7 Å². The molecular weight excluding hydrogens is 430 g/mol. The predicted molar refractivity (Wildman–Crippen MR) is 122 cm³/mol. The lowest BCUT2D eigenvalue weighted by Gasteiger charge is -2.44. The van der Waals surface area contributed by atoms with Gasteiger partial charge in [0, 0.05) is 17.7 Å². The number of sulfone groups is 1. The van der Waals surface area contributed by atoms with Crippen LogP contribution in [-0.2, 0) is 33.0 Å². The van der Waals surface area contributed by atoms with Crippen LogP contribution in [-0.4, -0.2) is 38.6 Å². The van der Waals surface area contributed by atoms with Gasteiger partial charge >= 0.3 is 0 Å². The third-order valence-corrected chi connectivity index (χ3v) is 10.1. The summed E-state index contributed by atoms with van der Waals surface area (Å²) < 4.78 is 30.7. The number of hydrogen-bond donors (Lipinski definition) is 1. The monoisotopic (exact) mass is 459 g/mol. The van der Waals surface area contributed by atoms with Crippen LogP contribution in [0.4, 0.5) is 0 Å². The van der Waals surface area contributed by atoms with E-state index < -0.39 is 9.84 Å². The molecule has 7 heteroatoms. The molecule has 0 bridgehead atoms. The molecule has 0 amide bonds. The maximum atomic E-state index is 13.0. The highest BCUT2D eigenvalue weighted by Crippen LogP contribution is 2.56. The van der Waals surface area contributed by atoms with Crippen LogP contribution in [0.25, 0.3) is 0 Å². The number of nitrogens with one attached hydrogen (secondary N) is 1. The minimum Gasteiger partial charge on any atom is -0.363 e. The molecule has 1 N–H and O–H groups in total. The van der Waals surface area contributed by atoms with Gasteiger partial charge in [-0.25, -0.2) is 8.42 Å². The quantitative estimate of drug-likeness (QED) is 0.660. The second-order valence-corrected chi connectivity index (χ2v) is 12.5. The molecule has 166 valence electrons. The maximum absolute atomic E-state index is 13.0. The molecule has 0 radical (unpaired) electrons. The molecule has 5 nitrogen and oxygen atoms in total. The smallest absolute Gasteiger partial charge is 0.178 e. The van der Waals surface area contributed by atoms with Crippen LogP contribution >= 0.6 is 11.3 Å². The molecule has 5 rings (SSSR count). The van der Waals surface area contributed by atoms with Crippen LogP contribution in [0.3, 0.4) is 0 Å². The Hall–Kier alpha value is -1.54. The molecule has 1 aromatic heterocycles. The summed E-state index contributed by atoms with van der Waals surface area (Å²) in [6, 6.07) is 9.07. The highest BCUT2D eigenvalue weighted by Gasteiger charge is 2.56. The van der Waals surface area contributed by atoms with Crippen LogP contribution < -0.4 is 5.32 Å². The van der Waals surface area contributed by atoms with E-state index in [0.717, 1.165) is 55.6 Å². The lowest BCUT2D eigenvalue weighted by molar-refractivity contribution is -0.138. The van der Waals surface area contributed by atoms with Crippen molar-refractivity contribution < 1.29 is 17.9 Å². The van der Waals surface area contributed by atoms with E-state index in [1.54, 1.807) is 30.4 Å². The first kappa shape index (κ1) is 21.3. The number of benzene rings is 1. The second-order valence-electron chi connectivity index (χ2n) is 9.14. The number of ketones is 1. The first-order chi connectivity index (χ1) is 14.8. The Morgan fingerprint density at radius 1 is 1.13 bits per heavy atom. The molecule has 0 unspecified atom stereocenters. The van der Waals surface area contributed by atoms with Gasteiger partial charge in [0.25, 0.3) is 0 Å². The van der Waals surface area contributed by atoms with Crippen LogP contribution in [0.1, 0.15) is 64.7 Å². The highest BCUT2D eigenvalue weighted by atomic mass is 32.2. The first-order valence-electron chi connectivity index (χ1n) is 11.2. The number of piperidine rings is 1. The summed E-state index contributed by atoms with van der Waals surface area (Å²) in [6.45, 7) is 3.56. The SMILES string of the molecule is CCS(=O)(=O)c1ccc(CCC(=O)c2cc3c(s2)C2(CCNCC2)OC2(CC2)C3)cc1.